The van der Waals surface area contributed by atoms with E-state index in [1.807, 2.05) is 30.3 Å². The first-order valence-corrected chi connectivity index (χ1v) is 7.36. The van der Waals surface area contributed by atoms with Gasteiger partial charge in [0.2, 0.25) is 0 Å². The molecule has 3 heteroatoms. The summed E-state index contributed by atoms with van der Waals surface area (Å²) in [6.07, 6.45) is 8.84. The van der Waals surface area contributed by atoms with Crippen LogP contribution < -0.4 is 10.1 Å². The van der Waals surface area contributed by atoms with Gasteiger partial charge in [0.15, 0.2) is 6.61 Å². The van der Waals surface area contributed by atoms with Crippen molar-refractivity contribution >= 4 is 0 Å². The van der Waals surface area contributed by atoms with Crippen LogP contribution in [-0.4, -0.2) is 13.2 Å². The molecule has 0 saturated carbocycles. The first-order valence-electron chi connectivity index (χ1n) is 7.36. The fraction of sp³-hybridized carbons (Fsp3) is 0.471. The zero-order valence-corrected chi connectivity index (χ0v) is 11.9. The molecule has 1 aliphatic carbocycles. The van der Waals surface area contributed by atoms with Gasteiger partial charge in [0.1, 0.15) is 11.8 Å². The Hall–Kier alpha value is -1.79. The molecule has 0 atom stereocenters. The molecular weight excluding hydrogens is 248 g/mol. The molecule has 0 aliphatic heterocycles. The van der Waals surface area contributed by atoms with E-state index in [4.69, 9.17) is 10.00 Å². The normalized spacial score (nSPS) is 14.4. The summed E-state index contributed by atoms with van der Waals surface area (Å²) in [5.41, 5.74) is 2.86. The first-order chi connectivity index (χ1) is 9.88. The molecule has 0 fully saturated rings. The van der Waals surface area contributed by atoms with Crippen LogP contribution in [0.15, 0.2) is 35.9 Å². The molecule has 1 aromatic rings. The lowest BCUT2D eigenvalue weighted by Gasteiger charge is -2.13. The van der Waals surface area contributed by atoms with Crippen molar-refractivity contribution in [3.05, 3.63) is 41.5 Å². The van der Waals surface area contributed by atoms with Crippen molar-refractivity contribution in [1.82, 2.24) is 5.32 Å². The standard InChI is InChI=1S/C17H22N2O/c18-11-13-20-17-8-6-16(7-9-17)14-19-12-10-15-4-2-1-3-5-15/h4,6-9,19H,1-3,5,10,12-14H2. The minimum Gasteiger partial charge on any atom is -0.479 e. The summed E-state index contributed by atoms with van der Waals surface area (Å²) in [6, 6.07) is 9.88. The fourth-order valence-electron chi connectivity index (χ4n) is 2.43. The topological polar surface area (TPSA) is 45.0 Å². The maximum atomic E-state index is 8.44. The van der Waals surface area contributed by atoms with E-state index in [-0.39, 0.29) is 6.61 Å². The van der Waals surface area contributed by atoms with E-state index in [1.54, 1.807) is 5.57 Å². The summed E-state index contributed by atoms with van der Waals surface area (Å²) in [6.45, 7) is 2.02. The van der Waals surface area contributed by atoms with Gasteiger partial charge in [-0.3, -0.25) is 0 Å². The molecule has 0 saturated heterocycles. The second-order valence-corrected chi connectivity index (χ2v) is 5.13. The average Bonchev–Trinajstić information content (AvgIpc) is 2.52. The van der Waals surface area contributed by atoms with Crippen LogP contribution in [0.4, 0.5) is 0 Å². The third-order valence-corrected chi connectivity index (χ3v) is 3.56. The van der Waals surface area contributed by atoms with Gasteiger partial charge >= 0.3 is 0 Å². The molecule has 0 spiro atoms. The van der Waals surface area contributed by atoms with E-state index in [2.05, 4.69) is 11.4 Å². The highest BCUT2D eigenvalue weighted by atomic mass is 16.5. The summed E-state index contributed by atoms with van der Waals surface area (Å²) >= 11 is 0. The van der Waals surface area contributed by atoms with Crippen molar-refractivity contribution in [2.45, 2.75) is 38.6 Å². The van der Waals surface area contributed by atoms with Gasteiger partial charge < -0.3 is 10.1 Å². The van der Waals surface area contributed by atoms with E-state index in [0.717, 1.165) is 18.8 Å². The Labute approximate surface area is 121 Å². The molecule has 0 heterocycles. The number of benzene rings is 1. The van der Waals surface area contributed by atoms with E-state index in [0.29, 0.717) is 0 Å². The van der Waals surface area contributed by atoms with Gasteiger partial charge in [0, 0.05) is 6.54 Å². The van der Waals surface area contributed by atoms with Gasteiger partial charge in [-0.05, 0) is 56.3 Å². The van der Waals surface area contributed by atoms with Crippen molar-refractivity contribution in [3.8, 4) is 11.8 Å². The van der Waals surface area contributed by atoms with Gasteiger partial charge in [0.05, 0.1) is 0 Å². The number of nitriles is 1. The van der Waals surface area contributed by atoms with Crippen LogP contribution in [0.1, 0.15) is 37.7 Å². The summed E-state index contributed by atoms with van der Waals surface area (Å²) in [5, 5.41) is 11.9. The molecule has 1 aliphatic rings. The molecule has 3 nitrogen and oxygen atoms in total. The Morgan fingerprint density at radius 1 is 1.20 bits per heavy atom. The zero-order valence-electron chi connectivity index (χ0n) is 11.9. The number of allylic oxidation sites excluding steroid dienone is 1. The quantitative estimate of drug-likeness (QED) is 0.608. The second kappa shape index (κ2) is 8.39. The highest BCUT2D eigenvalue weighted by Gasteiger charge is 2.03. The second-order valence-electron chi connectivity index (χ2n) is 5.13. The molecule has 0 aromatic heterocycles. The SMILES string of the molecule is N#CCOc1ccc(CNCCC2=CCCCC2)cc1. The van der Waals surface area contributed by atoms with Crippen molar-refractivity contribution in [2.24, 2.45) is 0 Å². The minimum atomic E-state index is 0.104. The van der Waals surface area contributed by atoms with Crippen molar-refractivity contribution in [3.63, 3.8) is 0 Å². The minimum absolute atomic E-state index is 0.104. The van der Waals surface area contributed by atoms with Crippen LogP contribution in [0, 0.1) is 11.3 Å². The number of nitrogens with one attached hydrogen (secondary N) is 1. The fourth-order valence-corrected chi connectivity index (χ4v) is 2.43. The smallest absolute Gasteiger partial charge is 0.174 e. The van der Waals surface area contributed by atoms with Crippen LogP contribution in [0.3, 0.4) is 0 Å². The van der Waals surface area contributed by atoms with Crippen molar-refractivity contribution in [1.29, 1.82) is 5.26 Å². The molecule has 20 heavy (non-hydrogen) atoms. The third-order valence-electron chi connectivity index (χ3n) is 3.56. The van der Waals surface area contributed by atoms with Gasteiger partial charge in [-0.15, -0.1) is 0 Å². The van der Waals surface area contributed by atoms with Crippen LogP contribution in [0.5, 0.6) is 5.75 Å². The van der Waals surface area contributed by atoms with E-state index < -0.39 is 0 Å². The number of hydrogen-bond acceptors (Lipinski definition) is 3. The molecule has 106 valence electrons. The van der Waals surface area contributed by atoms with Crippen LogP contribution in [-0.2, 0) is 6.54 Å². The largest absolute Gasteiger partial charge is 0.479 e. The first kappa shape index (κ1) is 14.6. The number of rotatable bonds is 7. The summed E-state index contributed by atoms with van der Waals surface area (Å²) in [7, 11) is 0. The molecule has 1 N–H and O–H groups in total. The molecule has 0 radical (unpaired) electrons. The van der Waals surface area contributed by atoms with Gasteiger partial charge in [0.25, 0.3) is 0 Å². The molecule has 0 bridgehead atoms. The monoisotopic (exact) mass is 270 g/mol. The number of ether oxygens (including phenoxy) is 1. The summed E-state index contributed by atoms with van der Waals surface area (Å²) < 4.78 is 5.23. The lowest BCUT2D eigenvalue weighted by Crippen LogP contribution is -2.15. The molecule has 2 rings (SSSR count). The lowest BCUT2D eigenvalue weighted by atomic mass is 9.97. The van der Waals surface area contributed by atoms with E-state index >= 15 is 0 Å². The predicted molar refractivity (Wildman–Crippen MR) is 80.4 cm³/mol. The zero-order chi connectivity index (χ0) is 14.0. The molecular formula is C17H22N2O. The van der Waals surface area contributed by atoms with Crippen molar-refractivity contribution in [2.75, 3.05) is 13.2 Å². The summed E-state index contributed by atoms with van der Waals surface area (Å²) in [4.78, 5) is 0. The van der Waals surface area contributed by atoms with E-state index in [9.17, 15) is 0 Å². The van der Waals surface area contributed by atoms with Gasteiger partial charge in [-0.25, -0.2) is 0 Å². The number of nitrogens with zero attached hydrogens (tertiary/aromatic N) is 1. The predicted octanol–water partition coefficient (Wildman–Crippen LogP) is 3.57. The molecule has 0 unspecified atom stereocenters. The van der Waals surface area contributed by atoms with Crippen LogP contribution >= 0.6 is 0 Å². The maximum absolute atomic E-state index is 8.44. The Bertz CT molecular complexity index is 471. The van der Waals surface area contributed by atoms with Crippen molar-refractivity contribution < 1.29 is 4.74 Å². The third kappa shape index (κ3) is 5.07. The van der Waals surface area contributed by atoms with Crippen LogP contribution in [0.25, 0.3) is 0 Å². The maximum Gasteiger partial charge on any atom is 0.174 e. The summed E-state index contributed by atoms with van der Waals surface area (Å²) in [5.74, 6) is 0.752. The van der Waals surface area contributed by atoms with Gasteiger partial charge in [-0.1, -0.05) is 23.8 Å². The highest BCUT2D eigenvalue weighted by Crippen LogP contribution is 2.19. The highest BCUT2D eigenvalue weighted by molar-refractivity contribution is 5.27. The Morgan fingerprint density at radius 2 is 2.05 bits per heavy atom. The molecule has 0 amide bonds. The van der Waals surface area contributed by atoms with Gasteiger partial charge in [-0.2, -0.15) is 5.26 Å². The number of hydrogen-bond donors (Lipinski definition) is 1. The Kier molecular flexibility index (Phi) is 6.13. The lowest BCUT2D eigenvalue weighted by molar-refractivity contribution is 0.368. The molecule has 1 aromatic carbocycles. The average molecular weight is 270 g/mol. The Morgan fingerprint density at radius 3 is 2.75 bits per heavy atom. The van der Waals surface area contributed by atoms with Crippen LogP contribution in [0.2, 0.25) is 0 Å². The Balaban J connectivity index is 1.66. The van der Waals surface area contributed by atoms with E-state index in [1.165, 1.54) is 37.7 Å².